The minimum absolute atomic E-state index is 0.0858. The average Bonchev–Trinajstić information content (AvgIpc) is 3.28. The molecule has 0 aliphatic carbocycles. The van der Waals surface area contributed by atoms with Crippen LogP contribution in [0.2, 0.25) is 0 Å². The molecule has 0 spiro atoms. The van der Waals surface area contributed by atoms with E-state index in [0.717, 1.165) is 21.8 Å². The van der Waals surface area contributed by atoms with E-state index < -0.39 is 6.04 Å². The second-order valence-corrected chi connectivity index (χ2v) is 9.35. The van der Waals surface area contributed by atoms with Crippen molar-refractivity contribution in [2.45, 2.75) is 33.2 Å². The average molecular weight is 482 g/mol. The molecule has 1 aromatic heterocycles. The normalized spacial score (nSPS) is 11.7. The van der Waals surface area contributed by atoms with Crippen LogP contribution in [0.5, 0.6) is 11.5 Å². The number of methoxy groups -OCH3 is 2. The predicted octanol–water partition coefficient (Wildman–Crippen LogP) is 4.25. The first-order valence-corrected chi connectivity index (χ1v) is 12.0. The van der Waals surface area contributed by atoms with E-state index >= 15 is 0 Å². The van der Waals surface area contributed by atoms with Crippen molar-refractivity contribution in [2.75, 3.05) is 20.8 Å². The standard InChI is InChI=1S/C26H31N3O4S/c1-16(2)24(29-25(30)20-12-21(32-4)14-22(13-20)33-5)26(31)27-11-10-18-6-8-19(9-7-18)23-15-34-17(3)28-23/h6-9,12-16,24H,10-11H2,1-5H3,(H,27,31)(H,29,30)/t24-/m1/s1. The maximum Gasteiger partial charge on any atom is 0.252 e. The Morgan fingerprint density at radius 2 is 1.68 bits per heavy atom. The van der Waals surface area contributed by atoms with Crippen LogP contribution in [0.1, 0.15) is 34.8 Å². The van der Waals surface area contributed by atoms with Crippen LogP contribution in [0, 0.1) is 12.8 Å². The Bertz CT molecular complexity index is 1100. The molecule has 2 aromatic carbocycles. The zero-order chi connectivity index (χ0) is 24.7. The number of aryl methyl sites for hydroxylation is 1. The molecule has 0 bridgehead atoms. The fourth-order valence-corrected chi connectivity index (χ4v) is 4.10. The second-order valence-electron chi connectivity index (χ2n) is 8.29. The van der Waals surface area contributed by atoms with Gasteiger partial charge in [0.25, 0.3) is 5.91 Å². The van der Waals surface area contributed by atoms with Crippen LogP contribution in [0.3, 0.4) is 0 Å². The van der Waals surface area contributed by atoms with Crippen LogP contribution < -0.4 is 20.1 Å². The summed E-state index contributed by atoms with van der Waals surface area (Å²) in [5.41, 5.74) is 3.54. The molecule has 0 unspecified atom stereocenters. The molecule has 0 radical (unpaired) electrons. The highest BCUT2D eigenvalue weighted by Gasteiger charge is 2.25. The highest BCUT2D eigenvalue weighted by molar-refractivity contribution is 7.09. The molecular formula is C26H31N3O4S. The Morgan fingerprint density at radius 1 is 1.03 bits per heavy atom. The number of nitrogens with one attached hydrogen (secondary N) is 2. The molecule has 2 amide bonds. The summed E-state index contributed by atoms with van der Waals surface area (Å²) in [4.78, 5) is 30.2. The third-order valence-electron chi connectivity index (χ3n) is 5.43. The van der Waals surface area contributed by atoms with Crippen LogP contribution in [-0.4, -0.2) is 43.6 Å². The predicted molar refractivity (Wildman–Crippen MR) is 135 cm³/mol. The van der Waals surface area contributed by atoms with Gasteiger partial charge in [-0.3, -0.25) is 9.59 Å². The van der Waals surface area contributed by atoms with Crippen LogP contribution >= 0.6 is 11.3 Å². The van der Waals surface area contributed by atoms with Gasteiger partial charge in [0.15, 0.2) is 0 Å². The monoisotopic (exact) mass is 481 g/mol. The van der Waals surface area contributed by atoms with Gasteiger partial charge in [-0.15, -0.1) is 11.3 Å². The molecule has 0 saturated heterocycles. The summed E-state index contributed by atoms with van der Waals surface area (Å²) >= 11 is 1.63. The van der Waals surface area contributed by atoms with Crippen molar-refractivity contribution >= 4 is 23.2 Å². The molecule has 3 aromatic rings. The molecule has 34 heavy (non-hydrogen) atoms. The molecule has 0 saturated carbocycles. The number of benzene rings is 2. The second kappa shape index (κ2) is 11.7. The van der Waals surface area contributed by atoms with Crippen molar-refractivity contribution < 1.29 is 19.1 Å². The van der Waals surface area contributed by atoms with Crippen LogP contribution in [-0.2, 0) is 11.2 Å². The molecule has 2 N–H and O–H groups in total. The van der Waals surface area contributed by atoms with E-state index in [1.807, 2.05) is 50.4 Å². The summed E-state index contributed by atoms with van der Waals surface area (Å²) in [6.45, 7) is 6.26. The zero-order valence-electron chi connectivity index (χ0n) is 20.2. The lowest BCUT2D eigenvalue weighted by Crippen LogP contribution is -2.50. The largest absolute Gasteiger partial charge is 0.497 e. The molecule has 1 atom stereocenters. The summed E-state index contributed by atoms with van der Waals surface area (Å²) in [6, 6.07) is 12.4. The fourth-order valence-electron chi connectivity index (χ4n) is 3.48. The number of rotatable bonds is 10. The van der Waals surface area contributed by atoms with Crippen LogP contribution in [0.15, 0.2) is 47.8 Å². The van der Waals surface area contributed by atoms with Gasteiger partial charge in [-0.05, 0) is 37.0 Å². The summed E-state index contributed by atoms with van der Waals surface area (Å²) in [7, 11) is 3.04. The molecule has 3 rings (SSSR count). The Labute approximate surface area is 204 Å². The number of hydrogen-bond acceptors (Lipinski definition) is 6. The lowest BCUT2D eigenvalue weighted by molar-refractivity contribution is -0.123. The number of aromatic nitrogens is 1. The van der Waals surface area contributed by atoms with Gasteiger partial charge in [-0.2, -0.15) is 0 Å². The first kappa shape index (κ1) is 25.2. The van der Waals surface area contributed by atoms with Crippen LogP contribution in [0.25, 0.3) is 11.3 Å². The van der Waals surface area contributed by atoms with Gasteiger partial charge in [-0.25, -0.2) is 4.98 Å². The third-order valence-corrected chi connectivity index (χ3v) is 6.20. The van der Waals surface area contributed by atoms with E-state index in [9.17, 15) is 9.59 Å². The summed E-state index contributed by atoms with van der Waals surface area (Å²) in [5, 5.41) is 8.88. The van der Waals surface area contributed by atoms with Crippen molar-refractivity contribution in [3.05, 3.63) is 64.0 Å². The van der Waals surface area contributed by atoms with Gasteiger partial charge in [0, 0.05) is 29.1 Å². The molecule has 8 heteroatoms. The number of ether oxygens (including phenoxy) is 2. The van der Waals surface area contributed by atoms with E-state index in [1.165, 1.54) is 14.2 Å². The van der Waals surface area contributed by atoms with E-state index in [0.29, 0.717) is 30.0 Å². The number of nitrogens with zero attached hydrogens (tertiary/aromatic N) is 1. The van der Waals surface area contributed by atoms with Gasteiger partial charge < -0.3 is 20.1 Å². The number of hydrogen-bond donors (Lipinski definition) is 2. The Kier molecular flexibility index (Phi) is 8.65. The first-order valence-electron chi connectivity index (χ1n) is 11.1. The highest BCUT2D eigenvalue weighted by atomic mass is 32.1. The summed E-state index contributed by atoms with van der Waals surface area (Å²) in [5.74, 6) is 0.348. The maximum absolute atomic E-state index is 12.8. The Morgan fingerprint density at radius 3 is 2.21 bits per heavy atom. The molecule has 0 aliphatic rings. The molecule has 180 valence electrons. The van der Waals surface area contributed by atoms with Crippen molar-refractivity contribution in [2.24, 2.45) is 5.92 Å². The van der Waals surface area contributed by atoms with Gasteiger partial charge in [0.1, 0.15) is 17.5 Å². The summed E-state index contributed by atoms with van der Waals surface area (Å²) < 4.78 is 10.5. The van der Waals surface area contributed by atoms with E-state index in [-0.39, 0.29) is 17.7 Å². The molecular weight excluding hydrogens is 450 g/mol. The van der Waals surface area contributed by atoms with Crippen molar-refractivity contribution in [3.63, 3.8) is 0 Å². The van der Waals surface area contributed by atoms with Gasteiger partial charge in [0.05, 0.1) is 24.9 Å². The Balaban J connectivity index is 1.57. The molecule has 0 aliphatic heterocycles. The molecule has 0 fully saturated rings. The van der Waals surface area contributed by atoms with Gasteiger partial charge in [0.2, 0.25) is 5.91 Å². The molecule has 1 heterocycles. The van der Waals surface area contributed by atoms with Gasteiger partial charge in [-0.1, -0.05) is 38.1 Å². The summed E-state index contributed by atoms with van der Waals surface area (Å²) in [6.07, 6.45) is 0.688. The number of amides is 2. The number of thiazole rings is 1. The lowest BCUT2D eigenvalue weighted by Gasteiger charge is -2.22. The first-order chi connectivity index (χ1) is 16.3. The zero-order valence-corrected chi connectivity index (χ0v) is 21.0. The fraction of sp³-hybridized carbons (Fsp3) is 0.346. The third kappa shape index (κ3) is 6.57. The van der Waals surface area contributed by atoms with Crippen molar-refractivity contribution in [1.29, 1.82) is 0 Å². The highest BCUT2D eigenvalue weighted by Crippen LogP contribution is 2.23. The SMILES string of the molecule is COc1cc(OC)cc(C(=O)N[C@@H](C(=O)NCCc2ccc(-c3csc(C)n3)cc2)C(C)C)c1. The number of carbonyl (C=O) groups excluding carboxylic acids is 2. The van der Waals surface area contributed by atoms with Crippen molar-refractivity contribution in [1.82, 2.24) is 15.6 Å². The van der Waals surface area contributed by atoms with Crippen LogP contribution in [0.4, 0.5) is 0 Å². The van der Waals surface area contributed by atoms with E-state index in [1.54, 1.807) is 29.5 Å². The smallest absolute Gasteiger partial charge is 0.252 e. The molecule has 7 nitrogen and oxygen atoms in total. The lowest BCUT2D eigenvalue weighted by atomic mass is 10.0. The Hall–Kier alpha value is -3.39. The number of carbonyl (C=O) groups is 2. The van der Waals surface area contributed by atoms with Gasteiger partial charge >= 0.3 is 0 Å². The minimum atomic E-state index is -0.667. The van der Waals surface area contributed by atoms with E-state index in [2.05, 4.69) is 15.6 Å². The topological polar surface area (TPSA) is 89.5 Å². The van der Waals surface area contributed by atoms with E-state index in [4.69, 9.17) is 9.47 Å². The van der Waals surface area contributed by atoms with Crippen molar-refractivity contribution in [3.8, 4) is 22.8 Å². The minimum Gasteiger partial charge on any atom is -0.497 e. The quantitative estimate of drug-likeness (QED) is 0.452. The maximum atomic E-state index is 12.8.